The van der Waals surface area contributed by atoms with E-state index < -0.39 is 6.23 Å². The minimum atomic E-state index is -1.11. The molecule has 0 aliphatic heterocycles. The molecule has 0 aliphatic rings. The molecular weight excluding hydrogens is 456 g/mol. The highest BCUT2D eigenvalue weighted by Gasteiger charge is 2.28. The van der Waals surface area contributed by atoms with Gasteiger partial charge < -0.3 is 19.8 Å². The average Bonchev–Trinajstić information content (AvgIpc) is 2.89. The van der Waals surface area contributed by atoms with E-state index in [4.69, 9.17) is 14.6 Å². The summed E-state index contributed by atoms with van der Waals surface area (Å²) in [5, 5.41) is 18.1. The molecule has 0 spiro atoms. The normalized spacial score (nSPS) is 11.2. The first-order chi connectivity index (χ1) is 17.4. The maximum Gasteiger partial charge on any atom is 0.290 e. The Morgan fingerprint density at radius 1 is 0.972 bits per heavy atom. The standard InChI is InChI=1S/C28H34N2O3.CH2O2/c1-4-5-6-9-20-33-26-11-8-7-10-25(26)28(32)30(21(2)3)27(31)24-14-12-22(13-15-24)23-16-18-29-19-17-23;2-1-3/h7-8,10-19,21,28,32H,4-6,9,20H2,1-3H3;1H,(H,2,3). The van der Waals surface area contributed by atoms with Crippen LogP contribution in [0.1, 0.15) is 68.6 Å². The summed E-state index contributed by atoms with van der Waals surface area (Å²) < 4.78 is 5.98. The summed E-state index contributed by atoms with van der Waals surface area (Å²) in [6, 6.07) is 18.5. The van der Waals surface area contributed by atoms with Crippen LogP contribution < -0.4 is 4.74 Å². The van der Waals surface area contributed by atoms with Crippen LogP contribution in [0.5, 0.6) is 5.75 Å². The van der Waals surface area contributed by atoms with Crippen molar-refractivity contribution in [3.05, 3.63) is 84.2 Å². The van der Waals surface area contributed by atoms with Gasteiger partial charge in [0.1, 0.15) is 5.75 Å². The zero-order valence-corrected chi connectivity index (χ0v) is 21.2. The van der Waals surface area contributed by atoms with E-state index in [-0.39, 0.29) is 18.4 Å². The smallest absolute Gasteiger partial charge is 0.290 e. The number of aromatic nitrogens is 1. The number of unbranched alkanes of at least 4 members (excludes halogenated alkanes) is 3. The Labute approximate surface area is 213 Å². The highest BCUT2D eigenvalue weighted by Crippen LogP contribution is 2.31. The van der Waals surface area contributed by atoms with E-state index in [1.807, 2.05) is 62.4 Å². The number of aliphatic hydroxyl groups is 1. The molecule has 0 bridgehead atoms. The van der Waals surface area contributed by atoms with Crippen molar-refractivity contribution in [2.24, 2.45) is 0 Å². The number of ether oxygens (including phenoxy) is 1. The molecule has 1 atom stereocenters. The highest BCUT2D eigenvalue weighted by molar-refractivity contribution is 5.95. The highest BCUT2D eigenvalue weighted by atomic mass is 16.5. The van der Waals surface area contributed by atoms with Crippen LogP contribution in [-0.4, -0.2) is 45.1 Å². The van der Waals surface area contributed by atoms with Gasteiger partial charge in [-0.05, 0) is 61.7 Å². The van der Waals surface area contributed by atoms with Gasteiger partial charge in [-0.1, -0.05) is 56.5 Å². The van der Waals surface area contributed by atoms with Crippen LogP contribution in [0.25, 0.3) is 11.1 Å². The fourth-order valence-electron chi connectivity index (χ4n) is 3.81. The molecule has 2 aromatic carbocycles. The van der Waals surface area contributed by atoms with E-state index in [1.54, 1.807) is 24.5 Å². The van der Waals surface area contributed by atoms with Crippen molar-refractivity contribution in [1.29, 1.82) is 0 Å². The predicted molar refractivity (Wildman–Crippen MR) is 141 cm³/mol. The van der Waals surface area contributed by atoms with E-state index in [0.29, 0.717) is 23.5 Å². The number of benzene rings is 2. The van der Waals surface area contributed by atoms with Crippen LogP contribution in [-0.2, 0) is 4.79 Å². The van der Waals surface area contributed by atoms with E-state index >= 15 is 0 Å². The molecule has 0 radical (unpaired) electrons. The van der Waals surface area contributed by atoms with E-state index in [2.05, 4.69) is 11.9 Å². The van der Waals surface area contributed by atoms with Crippen molar-refractivity contribution in [1.82, 2.24) is 9.88 Å². The third kappa shape index (κ3) is 8.20. The molecule has 1 amide bonds. The van der Waals surface area contributed by atoms with Gasteiger partial charge >= 0.3 is 0 Å². The SMILES string of the molecule is CCCCCCOc1ccccc1C(O)N(C(=O)c1ccc(-c2ccncc2)cc1)C(C)C.O=CO. The molecule has 7 heteroatoms. The first-order valence-electron chi connectivity index (χ1n) is 12.2. The van der Waals surface area contributed by atoms with Crippen LogP contribution in [0.2, 0.25) is 0 Å². The summed E-state index contributed by atoms with van der Waals surface area (Å²) in [6.45, 7) is 6.33. The summed E-state index contributed by atoms with van der Waals surface area (Å²) in [5.41, 5.74) is 3.17. The molecule has 0 saturated heterocycles. The number of pyridine rings is 1. The summed E-state index contributed by atoms with van der Waals surface area (Å²) in [7, 11) is 0. The fraction of sp³-hybridized carbons (Fsp3) is 0.345. The quantitative estimate of drug-likeness (QED) is 0.195. The lowest BCUT2D eigenvalue weighted by Gasteiger charge is -2.32. The summed E-state index contributed by atoms with van der Waals surface area (Å²) in [6.07, 6.45) is 6.82. The topological polar surface area (TPSA) is 100.0 Å². The van der Waals surface area contributed by atoms with Crippen molar-refractivity contribution in [3.8, 4) is 16.9 Å². The Kier molecular flexibility index (Phi) is 12.1. The van der Waals surface area contributed by atoms with Gasteiger partial charge in [-0.25, -0.2) is 0 Å². The van der Waals surface area contributed by atoms with Gasteiger partial charge in [-0.2, -0.15) is 0 Å². The zero-order chi connectivity index (χ0) is 26.3. The van der Waals surface area contributed by atoms with Gasteiger partial charge in [0.25, 0.3) is 12.4 Å². The number of hydrogen-bond donors (Lipinski definition) is 2. The molecule has 2 N–H and O–H groups in total. The number of carboxylic acid groups (broad SMARTS) is 1. The predicted octanol–water partition coefficient (Wildman–Crippen LogP) is 5.95. The lowest BCUT2D eigenvalue weighted by Crippen LogP contribution is -2.40. The van der Waals surface area contributed by atoms with Crippen LogP contribution in [0.3, 0.4) is 0 Å². The van der Waals surface area contributed by atoms with Gasteiger partial charge in [0.15, 0.2) is 6.23 Å². The molecule has 1 aromatic heterocycles. The van der Waals surface area contributed by atoms with Crippen molar-refractivity contribution in [3.63, 3.8) is 0 Å². The number of aliphatic hydroxyl groups excluding tert-OH is 1. The van der Waals surface area contributed by atoms with Gasteiger partial charge in [0, 0.05) is 29.6 Å². The number of nitrogens with zero attached hydrogens (tertiary/aromatic N) is 2. The largest absolute Gasteiger partial charge is 0.493 e. The Balaban J connectivity index is 0.00000145. The second kappa shape index (κ2) is 15.3. The first kappa shape index (κ1) is 28.5. The van der Waals surface area contributed by atoms with E-state index in [1.165, 1.54) is 17.7 Å². The number of hydrogen-bond acceptors (Lipinski definition) is 5. The van der Waals surface area contributed by atoms with Gasteiger partial charge in [0.2, 0.25) is 0 Å². The van der Waals surface area contributed by atoms with Gasteiger partial charge in [0.05, 0.1) is 6.61 Å². The van der Waals surface area contributed by atoms with Crippen molar-refractivity contribution in [2.45, 2.75) is 58.7 Å². The van der Waals surface area contributed by atoms with E-state index in [9.17, 15) is 9.90 Å². The minimum Gasteiger partial charge on any atom is -0.493 e. The van der Waals surface area contributed by atoms with Crippen LogP contribution >= 0.6 is 0 Å². The van der Waals surface area contributed by atoms with Crippen molar-refractivity contribution >= 4 is 12.4 Å². The molecular formula is C29H36N2O5. The molecule has 0 saturated carbocycles. The second-order valence-electron chi connectivity index (χ2n) is 8.55. The Morgan fingerprint density at radius 2 is 1.58 bits per heavy atom. The lowest BCUT2D eigenvalue weighted by molar-refractivity contribution is -0.122. The Hall–Kier alpha value is -3.71. The molecule has 7 nitrogen and oxygen atoms in total. The van der Waals surface area contributed by atoms with Crippen LogP contribution in [0, 0.1) is 0 Å². The van der Waals surface area contributed by atoms with Crippen molar-refractivity contribution < 1.29 is 24.5 Å². The number of carbonyl (C=O) groups is 2. The van der Waals surface area contributed by atoms with E-state index in [0.717, 1.165) is 24.0 Å². The summed E-state index contributed by atoms with van der Waals surface area (Å²) >= 11 is 0. The minimum absolute atomic E-state index is 0.204. The lowest BCUT2D eigenvalue weighted by atomic mass is 10.0. The average molecular weight is 493 g/mol. The molecule has 3 rings (SSSR count). The second-order valence-corrected chi connectivity index (χ2v) is 8.55. The maximum absolute atomic E-state index is 13.4. The Morgan fingerprint density at radius 3 is 2.19 bits per heavy atom. The molecule has 0 fully saturated rings. The number of rotatable bonds is 11. The molecule has 1 heterocycles. The first-order valence-corrected chi connectivity index (χ1v) is 12.2. The summed E-state index contributed by atoms with van der Waals surface area (Å²) in [4.78, 5) is 27.3. The fourth-order valence-corrected chi connectivity index (χ4v) is 3.81. The third-order valence-corrected chi connectivity index (χ3v) is 5.65. The molecule has 192 valence electrons. The molecule has 36 heavy (non-hydrogen) atoms. The van der Waals surface area contributed by atoms with Crippen LogP contribution in [0.4, 0.5) is 0 Å². The monoisotopic (exact) mass is 492 g/mol. The van der Waals surface area contributed by atoms with Crippen LogP contribution in [0.15, 0.2) is 73.1 Å². The number of para-hydroxylation sites is 1. The zero-order valence-electron chi connectivity index (χ0n) is 21.2. The third-order valence-electron chi connectivity index (χ3n) is 5.65. The summed E-state index contributed by atoms with van der Waals surface area (Å²) in [5.74, 6) is 0.393. The van der Waals surface area contributed by atoms with Crippen molar-refractivity contribution in [2.75, 3.05) is 6.61 Å². The molecule has 1 unspecified atom stereocenters. The molecule has 3 aromatic rings. The van der Waals surface area contributed by atoms with Gasteiger partial charge in [-0.15, -0.1) is 0 Å². The Bertz CT molecular complexity index is 1050. The number of carbonyl (C=O) groups excluding carboxylic acids is 1. The molecule has 0 aliphatic carbocycles. The maximum atomic E-state index is 13.4. The number of amides is 1. The van der Waals surface area contributed by atoms with Gasteiger partial charge in [-0.3, -0.25) is 14.6 Å².